The second-order valence-corrected chi connectivity index (χ2v) is 5.05. The van der Waals surface area contributed by atoms with E-state index < -0.39 is 0 Å². The molecule has 0 amide bonds. The van der Waals surface area contributed by atoms with Crippen molar-refractivity contribution in [3.8, 4) is 5.75 Å². The van der Waals surface area contributed by atoms with Crippen LogP contribution in [0.15, 0.2) is 30.3 Å². The second kappa shape index (κ2) is 7.39. The Balaban J connectivity index is 1.46. The molecule has 3 nitrogen and oxygen atoms in total. The molecular weight excluding hydrogens is 224 g/mol. The van der Waals surface area contributed by atoms with Gasteiger partial charge in [-0.15, -0.1) is 0 Å². The first kappa shape index (κ1) is 13.4. The number of benzene rings is 1. The number of hydrogen-bond acceptors (Lipinski definition) is 3. The summed E-state index contributed by atoms with van der Waals surface area (Å²) in [7, 11) is 2.18. The maximum absolute atomic E-state index is 5.67. The molecule has 1 saturated carbocycles. The Labute approximate surface area is 110 Å². The van der Waals surface area contributed by atoms with E-state index in [1.807, 2.05) is 30.3 Å². The Kier molecular flexibility index (Phi) is 5.49. The molecule has 0 saturated heterocycles. The third-order valence-corrected chi connectivity index (χ3v) is 3.20. The molecule has 0 radical (unpaired) electrons. The van der Waals surface area contributed by atoms with Crippen molar-refractivity contribution in [1.29, 1.82) is 0 Å². The minimum absolute atomic E-state index is 0.796. The van der Waals surface area contributed by atoms with Crippen molar-refractivity contribution in [2.24, 2.45) is 0 Å². The molecule has 1 N–H and O–H groups in total. The molecule has 0 atom stereocenters. The summed E-state index contributed by atoms with van der Waals surface area (Å²) in [5, 5.41) is 3.53. The highest BCUT2D eigenvalue weighted by Crippen LogP contribution is 2.17. The van der Waals surface area contributed by atoms with E-state index in [2.05, 4.69) is 17.3 Å². The fraction of sp³-hybridized carbons (Fsp3) is 0.600. The van der Waals surface area contributed by atoms with Gasteiger partial charge in [-0.1, -0.05) is 18.2 Å². The first-order valence-corrected chi connectivity index (χ1v) is 6.94. The molecule has 1 aliphatic carbocycles. The van der Waals surface area contributed by atoms with Crippen LogP contribution in [0.5, 0.6) is 5.75 Å². The van der Waals surface area contributed by atoms with Crippen LogP contribution >= 0.6 is 0 Å². The molecule has 1 aliphatic rings. The molecule has 0 aromatic heterocycles. The molecule has 0 bridgehead atoms. The summed E-state index contributed by atoms with van der Waals surface area (Å²) in [6, 6.07) is 10.8. The normalized spacial score (nSPS) is 15.0. The zero-order valence-corrected chi connectivity index (χ0v) is 11.3. The van der Waals surface area contributed by atoms with Crippen LogP contribution in [0, 0.1) is 0 Å². The third-order valence-electron chi connectivity index (χ3n) is 3.20. The summed E-state index contributed by atoms with van der Waals surface area (Å²) < 4.78 is 5.67. The molecule has 18 heavy (non-hydrogen) atoms. The molecule has 0 aliphatic heterocycles. The van der Waals surface area contributed by atoms with E-state index in [1.165, 1.54) is 12.8 Å². The molecule has 3 heteroatoms. The van der Waals surface area contributed by atoms with Crippen LogP contribution in [0.4, 0.5) is 0 Å². The molecule has 2 rings (SSSR count). The van der Waals surface area contributed by atoms with Crippen LogP contribution in [-0.2, 0) is 0 Å². The predicted molar refractivity (Wildman–Crippen MR) is 75.1 cm³/mol. The predicted octanol–water partition coefficient (Wildman–Crippen LogP) is 2.14. The first-order valence-electron chi connectivity index (χ1n) is 6.94. The minimum Gasteiger partial charge on any atom is -0.494 e. The molecule has 1 aromatic rings. The summed E-state index contributed by atoms with van der Waals surface area (Å²) in [6.07, 6.45) is 3.82. The van der Waals surface area contributed by atoms with Crippen molar-refractivity contribution in [1.82, 2.24) is 10.2 Å². The number of para-hydroxylation sites is 1. The van der Waals surface area contributed by atoms with E-state index >= 15 is 0 Å². The van der Waals surface area contributed by atoms with Crippen LogP contribution in [0.1, 0.15) is 19.3 Å². The maximum Gasteiger partial charge on any atom is 0.119 e. The smallest absolute Gasteiger partial charge is 0.119 e. The van der Waals surface area contributed by atoms with Crippen molar-refractivity contribution >= 4 is 0 Å². The van der Waals surface area contributed by atoms with Crippen molar-refractivity contribution in [2.75, 3.05) is 33.3 Å². The lowest BCUT2D eigenvalue weighted by molar-refractivity contribution is 0.262. The number of nitrogens with one attached hydrogen (secondary N) is 1. The van der Waals surface area contributed by atoms with E-state index in [9.17, 15) is 0 Å². The van der Waals surface area contributed by atoms with Gasteiger partial charge in [-0.25, -0.2) is 0 Å². The zero-order valence-electron chi connectivity index (χ0n) is 11.3. The van der Waals surface area contributed by atoms with Crippen LogP contribution in [0.3, 0.4) is 0 Å². The SMILES string of the molecule is CN(CCCOc1ccccc1)CCNC1CC1. The van der Waals surface area contributed by atoms with E-state index in [4.69, 9.17) is 4.74 Å². The molecule has 1 fully saturated rings. The van der Waals surface area contributed by atoms with Crippen molar-refractivity contribution in [3.05, 3.63) is 30.3 Å². The van der Waals surface area contributed by atoms with Gasteiger partial charge in [0.1, 0.15) is 5.75 Å². The highest BCUT2D eigenvalue weighted by atomic mass is 16.5. The van der Waals surface area contributed by atoms with Gasteiger partial charge in [0.2, 0.25) is 0 Å². The minimum atomic E-state index is 0.796. The van der Waals surface area contributed by atoms with Crippen LogP contribution < -0.4 is 10.1 Å². The molecule has 1 aromatic carbocycles. The van der Waals surface area contributed by atoms with Gasteiger partial charge >= 0.3 is 0 Å². The zero-order chi connectivity index (χ0) is 12.6. The van der Waals surface area contributed by atoms with Crippen LogP contribution in [0.25, 0.3) is 0 Å². The molecule has 100 valence electrons. The monoisotopic (exact) mass is 248 g/mol. The van der Waals surface area contributed by atoms with Crippen molar-refractivity contribution < 1.29 is 4.74 Å². The summed E-state index contributed by atoms with van der Waals surface area (Å²) in [5.74, 6) is 0.968. The fourth-order valence-corrected chi connectivity index (χ4v) is 1.90. The summed E-state index contributed by atoms with van der Waals surface area (Å²) in [6.45, 7) is 4.13. The van der Waals surface area contributed by atoms with E-state index in [-0.39, 0.29) is 0 Å². The topological polar surface area (TPSA) is 24.5 Å². The van der Waals surface area contributed by atoms with E-state index in [1.54, 1.807) is 0 Å². The second-order valence-electron chi connectivity index (χ2n) is 5.05. The quantitative estimate of drug-likeness (QED) is 0.678. The summed E-state index contributed by atoms with van der Waals surface area (Å²) >= 11 is 0. The van der Waals surface area contributed by atoms with Gasteiger partial charge in [0, 0.05) is 25.7 Å². The number of nitrogens with zero attached hydrogens (tertiary/aromatic N) is 1. The fourth-order valence-electron chi connectivity index (χ4n) is 1.90. The Morgan fingerprint density at radius 3 is 2.72 bits per heavy atom. The lowest BCUT2D eigenvalue weighted by Crippen LogP contribution is -2.31. The number of ether oxygens (including phenoxy) is 1. The Hall–Kier alpha value is -1.06. The largest absolute Gasteiger partial charge is 0.494 e. The lowest BCUT2D eigenvalue weighted by atomic mass is 10.3. The van der Waals surface area contributed by atoms with Gasteiger partial charge in [0.05, 0.1) is 6.61 Å². The van der Waals surface area contributed by atoms with Crippen molar-refractivity contribution in [2.45, 2.75) is 25.3 Å². The van der Waals surface area contributed by atoms with E-state index in [0.29, 0.717) is 0 Å². The van der Waals surface area contributed by atoms with Gasteiger partial charge in [0.15, 0.2) is 0 Å². The van der Waals surface area contributed by atoms with Crippen LogP contribution in [0.2, 0.25) is 0 Å². The maximum atomic E-state index is 5.67. The third kappa shape index (κ3) is 5.52. The standard InChI is InChI=1S/C15H24N2O/c1-17(12-10-16-14-8-9-14)11-5-13-18-15-6-3-2-4-7-15/h2-4,6-7,14,16H,5,8-13H2,1H3. The Morgan fingerprint density at radius 1 is 1.22 bits per heavy atom. The lowest BCUT2D eigenvalue weighted by Gasteiger charge is -2.16. The summed E-state index contributed by atoms with van der Waals surface area (Å²) in [4.78, 5) is 2.36. The molecule has 0 spiro atoms. The number of hydrogen-bond donors (Lipinski definition) is 1. The van der Waals surface area contributed by atoms with Gasteiger partial charge in [-0.05, 0) is 38.4 Å². The van der Waals surface area contributed by atoms with Gasteiger partial charge in [-0.2, -0.15) is 0 Å². The molecule has 0 heterocycles. The number of rotatable bonds is 9. The van der Waals surface area contributed by atoms with Gasteiger partial charge in [0.25, 0.3) is 0 Å². The molecule has 0 unspecified atom stereocenters. The summed E-state index contributed by atoms with van der Waals surface area (Å²) in [5.41, 5.74) is 0. The van der Waals surface area contributed by atoms with E-state index in [0.717, 1.165) is 44.5 Å². The average molecular weight is 248 g/mol. The number of likely N-dealkylation sites (N-methyl/N-ethyl adjacent to an activating group) is 1. The van der Waals surface area contributed by atoms with Crippen molar-refractivity contribution in [3.63, 3.8) is 0 Å². The Morgan fingerprint density at radius 2 is 2.00 bits per heavy atom. The van der Waals surface area contributed by atoms with Gasteiger partial charge < -0.3 is 15.0 Å². The first-order chi connectivity index (χ1) is 8.84. The Bertz CT molecular complexity index is 325. The van der Waals surface area contributed by atoms with Crippen LogP contribution in [-0.4, -0.2) is 44.2 Å². The highest BCUT2D eigenvalue weighted by molar-refractivity contribution is 5.20. The average Bonchev–Trinajstić information content (AvgIpc) is 3.20. The van der Waals surface area contributed by atoms with Gasteiger partial charge in [-0.3, -0.25) is 0 Å². The molecular formula is C15H24N2O. The highest BCUT2D eigenvalue weighted by Gasteiger charge is 2.19.